The van der Waals surface area contributed by atoms with Crippen LogP contribution < -0.4 is 15.8 Å². The van der Waals surface area contributed by atoms with E-state index in [0.29, 0.717) is 29.8 Å². The lowest BCUT2D eigenvalue weighted by molar-refractivity contribution is -0.137. The van der Waals surface area contributed by atoms with Gasteiger partial charge >= 0.3 is 5.97 Å². The zero-order valence-corrected chi connectivity index (χ0v) is 25.9. The molecule has 0 saturated carbocycles. The number of phenols is 2. The first-order chi connectivity index (χ1) is 22.3. The third-order valence-electron chi connectivity index (χ3n) is 8.13. The van der Waals surface area contributed by atoms with Crippen LogP contribution >= 0.6 is 0 Å². The molecule has 1 unspecified atom stereocenters. The maximum Gasteiger partial charge on any atom is 0.340 e. The second-order valence-electron chi connectivity index (χ2n) is 10.8. The normalized spacial score (nSPS) is 16.8. The van der Waals surface area contributed by atoms with Crippen molar-refractivity contribution in [3.63, 3.8) is 0 Å². The third kappa shape index (κ3) is 6.23. The van der Waals surface area contributed by atoms with Gasteiger partial charge in [0, 0.05) is 60.1 Å². The summed E-state index contributed by atoms with van der Waals surface area (Å²) in [7, 11) is 0. The molecule has 3 heterocycles. The summed E-state index contributed by atoms with van der Waals surface area (Å²) in [6, 6.07) is 13.9. The van der Waals surface area contributed by atoms with Gasteiger partial charge in [0.2, 0.25) is 5.91 Å². The van der Waals surface area contributed by atoms with Gasteiger partial charge < -0.3 is 45.1 Å². The molecule has 0 radical (unpaired) electrons. The first-order valence-electron chi connectivity index (χ1n) is 15.5. The topological polar surface area (TPSA) is 170 Å². The van der Waals surface area contributed by atoms with Crippen molar-refractivity contribution in [2.75, 3.05) is 46.1 Å². The number of fused-ring (bicyclic) bond motifs is 6. The third-order valence-corrected chi connectivity index (χ3v) is 8.13. The van der Waals surface area contributed by atoms with Gasteiger partial charge in [0.1, 0.15) is 29.6 Å². The number of amides is 2. The predicted molar refractivity (Wildman–Crippen MR) is 167 cm³/mol. The standard InChI is InChI=1S/C32H33N3O9.C2H6/c33-17-20-2-1-10-35(20)29(38)18-42-13-12-41-11-9-34-30(39)19-3-6-24-23(14-19)31(40)44-32(24)25-7-4-21(36)15-27(25)43-28-16-22(37)5-8-26(28)32;1-2/h3-8,14-16,20,36-37H,1-2,9-13,17-18,33H2,(H,34,39);1-2H3. The lowest BCUT2D eigenvalue weighted by Crippen LogP contribution is -2.41. The number of esters is 1. The molecule has 5 N–H and O–H groups in total. The number of likely N-dealkylation sites (tertiary alicyclic amines) is 1. The number of aromatic hydroxyl groups is 2. The number of carbonyl (C=O) groups excluding carboxylic acids is 3. The van der Waals surface area contributed by atoms with E-state index in [9.17, 15) is 24.6 Å². The summed E-state index contributed by atoms with van der Waals surface area (Å²) < 4.78 is 22.9. The molecule has 3 aromatic carbocycles. The summed E-state index contributed by atoms with van der Waals surface area (Å²) in [6.07, 6.45) is 1.87. The van der Waals surface area contributed by atoms with E-state index in [1.54, 1.807) is 29.2 Å². The maximum atomic E-state index is 13.2. The quantitative estimate of drug-likeness (QED) is 0.192. The SMILES string of the molecule is CC.NCC1CCCN1C(=O)COCCOCCNC(=O)c1ccc2c(c1)C(=O)OC21c2ccc(O)cc2Oc2cc(O)ccc21. The van der Waals surface area contributed by atoms with Gasteiger partial charge in [-0.15, -0.1) is 0 Å². The van der Waals surface area contributed by atoms with Crippen molar-refractivity contribution in [3.8, 4) is 23.0 Å². The van der Waals surface area contributed by atoms with E-state index < -0.39 is 17.5 Å². The van der Waals surface area contributed by atoms with Gasteiger partial charge in [-0.2, -0.15) is 0 Å². The molecule has 1 fully saturated rings. The molecule has 1 spiro atoms. The van der Waals surface area contributed by atoms with Gasteiger partial charge in [0.15, 0.2) is 5.60 Å². The Morgan fingerprint density at radius 3 is 2.28 bits per heavy atom. The zero-order chi connectivity index (χ0) is 32.8. The van der Waals surface area contributed by atoms with Gasteiger partial charge in [-0.05, 0) is 49.2 Å². The van der Waals surface area contributed by atoms with Crippen LogP contribution in [0, 0.1) is 0 Å². The van der Waals surface area contributed by atoms with Crippen LogP contribution in [0.25, 0.3) is 0 Å². The Balaban J connectivity index is 0.00000204. The fraction of sp³-hybridized carbons (Fsp3) is 0.382. The minimum absolute atomic E-state index is 0.0201. The van der Waals surface area contributed by atoms with E-state index in [1.807, 2.05) is 13.8 Å². The zero-order valence-electron chi connectivity index (χ0n) is 25.9. The smallest absolute Gasteiger partial charge is 0.340 e. The number of hydrogen-bond acceptors (Lipinski definition) is 10. The number of phenolic OH excluding ortho intramolecular Hbond substituents is 2. The Hall–Kier alpha value is -4.65. The molecule has 46 heavy (non-hydrogen) atoms. The van der Waals surface area contributed by atoms with Crippen molar-refractivity contribution in [2.45, 2.75) is 38.3 Å². The summed E-state index contributed by atoms with van der Waals surface area (Å²) in [6.45, 7) is 6.10. The number of nitrogens with zero attached hydrogens (tertiary/aromatic N) is 1. The van der Waals surface area contributed by atoms with Gasteiger partial charge in [0.05, 0.1) is 25.4 Å². The van der Waals surface area contributed by atoms with Crippen LogP contribution in [0.15, 0.2) is 54.6 Å². The Morgan fingerprint density at radius 1 is 0.957 bits per heavy atom. The van der Waals surface area contributed by atoms with E-state index in [0.717, 1.165) is 12.8 Å². The van der Waals surface area contributed by atoms with Gasteiger partial charge in [-0.25, -0.2) is 4.79 Å². The number of nitrogens with two attached hydrogens (primary N) is 1. The Kier molecular flexibility index (Phi) is 10.1. The highest BCUT2D eigenvalue weighted by Crippen LogP contribution is 2.57. The highest BCUT2D eigenvalue weighted by atomic mass is 16.6. The van der Waals surface area contributed by atoms with Crippen molar-refractivity contribution >= 4 is 17.8 Å². The van der Waals surface area contributed by atoms with E-state index in [4.69, 9.17) is 24.7 Å². The highest BCUT2D eigenvalue weighted by molar-refractivity contribution is 6.01. The highest BCUT2D eigenvalue weighted by Gasteiger charge is 2.53. The number of nitrogens with one attached hydrogen (secondary N) is 1. The number of rotatable bonds is 10. The molecule has 244 valence electrons. The van der Waals surface area contributed by atoms with Crippen LogP contribution in [-0.2, 0) is 24.6 Å². The van der Waals surface area contributed by atoms with Gasteiger partial charge in [-0.3, -0.25) is 9.59 Å². The number of benzene rings is 3. The lowest BCUT2D eigenvalue weighted by atomic mass is 9.77. The van der Waals surface area contributed by atoms with Crippen molar-refractivity contribution in [1.82, 2.24) is 10.2 Å². The Morgan fingerprint density at radius 2 is 1.61 bits per heavy atom. The molecule has 0 aromatic heterocycles. The summed E-state index contributed by atoms with van der Waals surface area (Å²) >= 11 is 0. The molecule has 3 aliphatic heterocycles. The fourth-order valence-corrected chi connectivity index (χ4v) is 6.06. The lowest BCUT2D eigenvalue weighted by Gasteiger charge is -2.36. The second kappa shape index (κ2) is 14.2. The number of carbonyl (C=O) groups is 3. The van der Waals surface area contributed by atoms with E-state index in [-0.39, 0.29) is 79.0 Å². The fourth-order valence-electron chi connectivity index (χ4n) is 6.06. The molecular formula is C34H39N3O9. The molecule has 2 amide bonds. The number of hydrogen-bond donors (Lipinski definition) is 4. The summed E-state index contributed by atoms with van der Waals surface area (Å²) in [5.74, 6) is -0.621. The predicted octanol–water partition coefficient (Wildman–Crippen LogP) is 3.40. The van der Waals surface area contributed by atoms with Crippen LogP contribution in [0.5, 0.6) is 23.0 Å². The van der Waals surface area contributed by atoms with E-state index in [1.165, 1.54) is 30.3 Å². The van der Waals surface area contributed by atoms with Crippen LogP contribution in [0.4, 0.5) is 0 Å². The molecule has 12 heteroatoms. The van der Waals surface area contributed by atoms with Gasteiger partial charge in [0.25, 0.3) is 5.91 Å². The summed E-state index contributed by atoms with van der Waals surface area (Å²) in [5.41, 5.74) is 6.31. The molecule has 0 aliphatic carbocycles. The van der Waals surface area contributed by atoms with Crippen molar-refractivity contribution in [3.05, 3.63) is 82.4 Å². The summed E-state index contributed by atoms with van der Waals surface area (Å²) in [4.78, 5) is 40.2. The molecule has 12 nitrogen and oxygen atoms in total. The second-order valence-corrected chi connectivity index (χ2v) is 10.8. The largest absolute Gasteiger partial charge is 0.508 e. The molecule has 1 saturated heterocycles. The maximum absolute atomic E-state index is 13.2. The van der Waals surface area contributed by atoms with Crippen molar-refractivity contribution in [2.24, 2.45) is 5.73 Å². The minimum atomic E-state index is -1.40. The monoisotopic (exact) mass is 633 g/mol. The van der Waals surface area contributed by atoms with Gasteiger partial charge in [-0.1, -0.05) is 19.9 Å². The molecular weight excluding hydrogens is 594 g/mol. The Bertz CT molecular complexity index is 1560. The first-order valence-corrected chi connectivity index (χ1v) is 15.5. The molecule has 0 bridgehead atoms. The van der Waals surface area contributed by atoms with Crippen LogP contribution in [0.1, 0.15) is 64.1 Å². The molecule has 1 atom stereocenters. The van der Waals surface area contributed by atoms with Crippen LogP contribution in [0.2, 0.25) is 0 Å². The van der Waals surface area contributed by atoms with Crippen molar-refractivity contribution in [1.29, 1.82) is 0 Å². The average molecular weight is 634 g/mol. The minimum Gasteiger partial charge on any atom is -0.508 e. The van der Waals surface area contributed by atoms with Crippen LogP contribution in [0.3, 0.4) is 0 Å². The molecule has 6 rings (SSSR count). The number of ether oxygens (including phenoxy) is 4. The van der Waals surface area contributed by atoms with Crippen LogP contribution in [-0.4, -0.2) is 85.0 Å². The Labute approximate surface area is 267 Å². The summed E-state index contributed by atoms with van der Waals surface area (Å²) in [5, 5.41) is 22.9. The van der Waals surface area contributed by atoms with Crippen molar-refractivity contribution < 1.29 is 43.5 Å². The van der Waals surface area contributed by atoms with E-state index in [2.05, 4.69) is 5.32 Å². The average Bonchev–Trinajstić information content (AvgIpc) is 3.65. The van der Waals surface area contributed by atoms with E-state index >= 15 is 0 Å². The molecule has 3 aromatic rings. The first kappa shape index (κ1) is 32.7. The molecule has 3 aliphatic rings.